The first-order valence-electron chi connectivity index (χ1n) is 6.00. The number of hydrogen-bond acceptors (Lipinski definition) is 3. The molecular formula is C15H14F2O2S. The van der Waals surface area contributed by atoms with E-state index in [0.29, 0.717) is 11.3 Å². The van der Waals surface area contributed by atoms with Crippen molar-refractivity contribution in [3.63, 3.8) is 0 Å². The van der Waals surface area contributed by atoms with Gasteiger partial charge in [0.05, 0.1) is 13.2 Å². The van der Waals surface area contributed by atoms with Gasteiger partial charge in [-0.25, -0.2) is 8.78 Å². The molecule has 0 heterocycles. The molecule has 106 valence electrons. The maximum absolute atomic E-state index is 13.1. The third kappa shape index (κ3) is 3.49. The van der Waals surface area contributed by atoms with Crippen molar-refractivity contribution in [2.24, 2.45) is 0 Å². The minimum absolute atomic E-state index is 0.325. The number of aliphatic hydroxyl groups excluding tert-OH is 1. The van der Waals surface area contributed by atoms with Gasteiger partial charge < -0.3 is 9.84 Å². The summed E-state index contributed by atoms with van der Waals surface area (Å²) in [5.41, 5.74) is 0.353. The number of benzene rings is 2. The van der Waals surface area contributed by atoms with Crippen LogP contribution in [0.1, 0.15) is 11.7 Å². The Morgan fingerprint density at radius 1 is 1.15 bits per heavy atom. The van der Waals surface area contributed by atoms with Gasteiger partial charge in [-0.1, -0.05) is 18.2 Å². The number of para-hydroxylation sites is 1. The van der Waals surface area contributed by atoms with E-state index in [9.17, 15) is 13.9 Å². The van der Waals surface area contributed by atoms with Crippen LogP contribution in [0.5, 0.6) is 5.75 Å². The van der Waals surface area contributed by atoms with E-state index < -0.39 is 17.7 Å². The van der Waals surface area contributed by atoms with Gasteiger partial charge in [0.25, 0.3) is 0 Å². The van der Waals surface area contributed by atoms with E-state index in [1.807, 2.05) is 24.3 Å². The summed E-state index contributed by atoms with van der Waals surface area (Å²) in [5.74, 6) is -0.831. The number of ether oxygens (including phenoxy) is 1. The van der Waals surface area contributed by atoms with E-state index in [0.717, 1.165) is 22.8 Å². The van der Waals surface area contributed by atoms with Gasteiger partial charge >= 0.3 is 0 Å². The molecule has 0 radical (unpaired) electrons. The molecular weight excluding hydrogens is 282 g/mol. The Labute approximate surface area is 120 Å². The third-order valence-corrected chi connectivity index (χ3v) is 3.92. The quantitative estimate of drug-likeness (QED) is 0.851. The summed E-state index contributed by atoms with van der Waals surface area (Å²) in [6.07, 6.45) is -0.875. The van der Waals surface area contributed by atoms with Crippen molar-refractivity contribution >= 4 is 11.8 Å². The molecule has 0 bridgehead atoms. The predicted molar refractivity (Wildman–Crippen MR) is 75.0 cm³/mol. The zero-order chi connectivity index (χ0) is 14.5. The van der Waals surface area contributed by atoms with Crippen LogP contribution in [0.15, 0.2) is 47.4 Å². The Morgan fingerprint density at radius 3 is 2.60 bits per heavy atom. The van der Waals surface area contributed by atoms with Gasteiger partial charge in [0.15, 0.2) is 11.6 Å². The van der Waals surface area contributed by atoms with Crippen molar-refractivity contribution < 1.29 is 18.6 Å². The first kappa shape index (κ1) is 14.8. The first-order chi connectivity index (χ1) is 9.61. The molecule has 0 amide bonds. The zero-order valence-electron chi connectivity index (χ0n) is 10.8. The van der Waals surface area contributed by atoms with Gasteiger partial charge in [0, 0.05) is 10.6 Å². The third-order valence-electron chi connectivity index (χ3n) is 2.79. The van der Waals surface area contributed by atoms with Crippen molar-refractivity contribution in [3.05, 3.63) is 59.7 Å². The van der Waals surface area contributed by atoms with Gasteiger partial charge in [0.2, 0.25) is 0 Å². The maximum atomic E-state index is 13.1. The molecule has 0 aliphatic rings. The summed E-state index contributed by atoms with van der Waals surface area (Å²) < 4.78 is 31.1. The Morgan fingerprint density at radius 2 is 1.90 bits per heavy atom. The van der Waals surface area contributed by atoms with Crippen LogP contribution < -0.4 is 4.74 Å². The van der Waals surface area contributed by atoms with E-state index in [1.54, 1.807) is 7.11 Å². The van der Waals surface area contributed by atoms with Crippen LogP contribution in [0.25, 0.3) is 0 Å². The van der Waals surface area contributed by atoms with Crippen molar-refractivity contribution in [2.45, 2.75) is 11.0 Å². The second-order valence-corrected chi connectivity index (χ2v) is 5.21. The molecule has 1 atom stereocenters. The molecule has 2 aromatic carbocycles. The highest BCUT2D eigenvalue weighted by atomic mass is 32.2. The molecule has 2 rings (SSSR count). The summed E-state index contributed by atoms with van der Waals surface area (Å²) in [6, 6.07) is 10.8. The number of halogens is 2. The molecule has 0 aliphatic heterocycles. The fourth-order valence-corrected chi connectivity index (χ4v) is 2.72. The number of hydrogen-bond donors (Lipinski definition) is 1. The van der Waals surface area contributed by atoms with Crippen LogP contribution in [0.2, 0.25) is 0 Å². The van der Waals surface area contributed by atoms with Crippen LogP contribution in [0.3, 0.4) is 0 Å². The second kappa shape index (κ2) is 6.72. The largest absolute Gasteiger partial charge is 0.496 e. The van der Waals surface area contributed by atoms with Gasteiger partial charge in [-0.2, -0.15) is 0 Å². The fourth-order valence-electron chi connectivity index (χ4n) is 1.72. The van der Waals surface area contributed by atoms with Crippen molar-refractivity contribution in [3.8, 4) is 5.75 Å². The SMILES string of the molecule is COc1ccccc1SCC(O)c1ccc(F)c(F)c1. The smallest absolute Gasteiger partial charge is 0.159 e. The summed E-state index contributed by atoms with van der Waals surface area (Å²) in [6.45, 7) is 0. The van der Waals surface area contributed by atoms with E-state index in [1.165, 1.54) is 17.8 Å². The van der Waals surface area contributed by atoms with Gasteiger partial charge in [-0.3, -0.25) is 0 Å². The van der Waals surface area contributed by atoms with Crippen LogP contribution >= 0.6 is 11.8 Å². The molecule has 0 saturated heterocycles. The van der Waals surface area contributed by atoms with E-state index >= 15 is 0 Å². The van der Waals surface area contributed by atoms with Crippen LogP contribution in [-0.4, -0.2) is 18.0 Å². The highest BCUT2D eigenvalue weighted by Crippen LogP contribution is 2.31. The Kier molecular flexibility index (Phi) is 4.98. The topological polar surface area (TPSA) is 29.5 Å². The van der Waals surface area contributed by atoms with Crippen molar-refractivity contribution in [1.82, 2.24) is 0 Å². The van der Waals surface area contributed by atoms with Gasteiger partial charge in [-0.15, -0.1) is 11.8 Å². The standard InChI is InChI=1S/C15H14F2O2S/c1-19-14-4-2-3-5-15(14)20-9-13(18)10-6-7-11(16)12(17)8-10/h2-8,13,18H,9H2,1H3. The lowest BCUT2D eigenvalue weighted by atomic mass is 10.1. The van der Waals surface area contributed by atoms with Crippen LogP contribution in [-0.2, 0) is 0 Å². The van der Waals surface area contributed by atoms with Crippen molar-refractivity contribution in [1.29, 1.82) is 0 Å². The Balaban J connectivity index is 2.04. The van der Waals surface area contributed by atoms with Gasteiger partial charge in [0.1, 0.15) is 5.75 Å². The molecule has 0 aliphatic carbocycles. The summed E-state index contributed by atoms with van der Waals surface area (Å²) in [4.78, 5) is 0.886. The molecule has 1 unspecified atom stereocenters. The average Bonchev–Trinajstić information content (AvgIpc) is 2.47. The maximum Gasteiger partial charge on any atom is 0.159 e. The summed E-state index contributed by atoms with van der Waals surface area (Å²) >= 11 is 1.39. The Bertz CT molecular complexity index is 590. The minimum Gasteiger partial charge on any atom is -0.496 e. The van der Waals surface area contributed by atoms with E-state index in [-0.39, 0.29) is 0 Å². The number of methoxy groups -OCH3 is 1. The van der Waals surface area contributed by atoms with Crippen LogP contribution in [0, 0.1) is 11.6 Å². The molecule has 5 heteroatoms. The number of thioether (sulfide) groups is 1. The molecule has 0 saturated carbocycles. The minimum atomic E-state index is -0.955. The van der Waals surface area contributed by atoms with Crippen LogP contribution in [0.4, 0.5) is 8.78 Å². The highest BCUT2D eigenvalue weighted by Gasteiger charge is 2.12. The first-order valence-corrected chi connectivity index (χ1v) is 6.99. The highest BCUT2D eigenvalue weighted by molar-refractivity contribution is 7.99. The molecule has 1 N–H and O–H groups in total. The molecule has 2 nitrogen and oxygen atoms in total. The van der Waals surface area contributed by atoms with E-state index in [4.69, 9.17) is 4.74 Å². The molecule has 0 fully saturated rings. The average molecular weight is 296 g/mol. The zero-order valence-corrected chi connectivity index (χ0v) is 11.7. The lowest BCUT2D eigenvalue weighted by Gasteiger charge is -2.12. The molecule has 2 aromatic rings. The number of aliphatic hydroxyl groups is 1. The normalized spacial score (nSPS) is 12.2. The van der Waals surface area contributed by atoms with E-state index in [2.05, 4.69) is 0 Å². The molecule has 20 heavy (non-hydrogen) atoms. The molecule has 0 spiro atoms. The summed E-state index contributed by atoms with van der Waals surface area (Å²) in [7, 11) is 1.57. The monoisotopic (exact) mass is 296 g/mol. The lowest BCUT2D eigenvalue weighted by molar-refractivity contribution is 0.203. The van der Waals surface area contributed by atoms with Gasteiger partial charge in [-0.05, 0) is 29.8 Å². The number of rotatable bonds is 5. The predicted octanol–water partition coefficient (Wildman–Crippen LogP) is 3.80. The lowest BCUT2D eigenvalue weighted by Crippen LogP contribution is -2.02. The summed E-state index contributed by atoms with van der Waals surface area (Å²) in [5, 5.41) is 10.0. The van der Waals surface area contributed by atoms with Crippen molar-refractivity contribution in [2.75, 3.05) is 12.9 Å². The Hall–Kier alpha value is -1.59. The fraction of sp³-hybridized carbons (Fsp3) is 0.200. The molecule has 0 aromatic heterocycles. The second-order valence-electron chi connectivity index (χ2n) is 4.15.